The Kier molecular flexibility index (Phi) is 14.3. The Labute approximate surface area is 177 Å². The summed E-state index contributed by atoms with van der Waals surface area (Å²) in [5, 5.41) is 25.7. The van der Waals surface area contributed by atoms with Crippen LogP contribution in [0.4, 0.5) is 4.79 Å². The zero-order valence-electron chi connectivity index (χ0n) is 18.2. The van der Waals surface area contributed by atoms with Crippen LogP contribution in [0.2, 0.25) is 0 Å². The van der Waals surface area contributed by atoms with Gasteiger partial charge in [0.25, 0.3) is 0 Å². The summed E-state index contributed by atoms with van der Waals surface area (Å²) in [5.41, 5.74) is 0. The fourth-order valence-corrected chi connectivity index (χ4v) is 4.09. The molecule has 30 heavy (non-hydrogen) atoms. The number of carbonyl (C=O) groups excluding carboxylic acids is 2. The molecule has 0 aliphatic heterocycles. The molecule has 0 saturated heterocycles. The van der Waals surface area contributed by atoms with Crippen LogP contribution in [0.1, 0.15) is 47.0 Å². The molecule has 11 nitrogen and oxygen atoms in total. The second kappa shape index (κ2) is 15.2. The lowest BCUT2D eigenvalue weighted by atomic mass is 10.0. The van der Waals surface area contributed by atoms with Crippen molar-refractivity contribution in [3.05, 3.63) is 0 Å². The van der Waals surface area contributed by atoms with Gasteiger partial charge in [0, 0.05) is 6.54 Å². The van der Waals surface area contributed by atoms with Gasteiger partial charge < -0.3 is 35.2 Å². The molecule has 2 unspecified atom stereocenters. The minimum absolute atomic E-state index is 0.0102. The molecule has 2 atom stereocenters. The van der Waals surface area contributed by atoms with E-state index in [0.717, 1.165) is 0 Å². The molecule has 0 bridgehead atoms. The van der Waals surface area contributed by atoms with E-state index in [4.69, 9.17) is 14.2 Å². The largest absolute Gasteiger partial charge is 0.465 e. The number of carboxylic acid groups (broad SMARTS) is 1. The smallest absolute Gasteiger partial charge is 0.405 e. The molecule has 5 N–H and O–H groups in total. The Morgan fingerprint density at radius 2 is 1.63 bits per heavy atom. The van der Waals surface area contributed by atoms with Crippen molar-refractivity contribution in [2.75, 3.05) is 32.5 Å². The van der Waals surface area contributed by atoms with Gasteiger partial charge >= 0.3 is 13.7 Å². The van der Waals surface area contributed by atoms with Crippen molar-refractivity contribution < 1.29 is 38.2 Å². The summed E-state index contributed by atoms with van der Waals surface area (Å²) in [6, 6.07) is -1.44. The van der Waals surface area contributed by atoms with E-state index in [1.165, 1.54) is 0 Å². The molecular weight excluding hydrogens is 417 g/mol. The Hall–Kier alpha value is -1.68. The van der Waals surface area contributed by atoms with Crippen molar-refractivity contribution in [2.24, 2.45) is 5.92 Å². The molecule has 0 aromatic carbocycles. The van der Waals surface area contributed by atoms with Gasteiger partial charge in [-0.3, -0.25) is 14.2 Å². The highest BCUT2D eigenvalue weighted by Gasteiger charge is 2.27. The van der Waals surface area contributed by atoms with Gasteiger partial charge in [0.15, 0.2) is 0 Å². The highest BCUT2D eigenvalue weighted by atomic mass is 31.2. The first-order chi connectivity index (χ1) is 14.1. The molecule has 0 aliphatic rings. The van der Waals surface area contributed by atoms with E-state index in [1.54, 1.807) is 13.8 Å². The van der Waals surface area contributed by atoms with E-state index in [2.05, 4.69) is 16.0 Å². The minimum atomic E-state index is -3.46. The van der Waals surface area contributed by atoms with Gasteiger partial charge in [-0.25, -0.2) is 4.79 Å². The number of unbranched alkanes of at least 4 members (excludes halogenated alkanes) is 1. The highest BCUT2D eigenvalue weighted by Crippen LogP contribution is 2.47. The lowest BCUT2D eigenvalue weighted by Crippen LogP contribution is -2.51. The van der Waals surface area contributed by atoms with Crippen molar-refractivity contribution in [2.45, 2.75) is 59.0 Å². The summed E-state index contributed by atoms with van der Waals surface area (Å²) in [6.45, 7) is 7.33. The molecule has 0 aromatic heterocycles. The predicted molar refractivity (Wildman–Crippen MR) is 111 cm³/mol. The Morgan fingerprint density at radius 3 is 2.10 bits per heavy atom. The molecule has 0 rings (SSSR count). The topological polar surface area (TPSA) is 163 Å². The van der Waals surface area contributed by atoms with E-state index in [0.29, 0.717) is 12.8 Å². The molecule has 0 saturated carbocycles. The van der Waals surface area contributed by atoms with Crippen LogP contribution in [0.3, 0.4) is 0 Å². The molecule has 0 aromatic rings. The maximum atomic E-state index is 12.3. The normalized spacial score (nSPS) is 13.5. The third-order valence-corrected chi connectivity index (χ3v) is 6.15. The van der Waals surface area contributed by atoms with Gasteiger partial charge in [-0.15, -0.1) is 0 Å². The maximum Gasteiger partial charge on any atom is 0.405 e. The molecule has 176 valence electrons. The summed E-state index contributed by atoms with van der Waals surface area (Å²) in [7, 11) is -3.46. The van der Waals surface area contributed by atoms with Crippen LogP contribution in [0, 0.1) is 5.92 Å². The summed E-state index contributed by atoms with van der Waals surface area (Å²) in [6.07, 6.45) is -0.536. The molecule has 0 radical (unpaired) electrons. The highest BCUT2D eigenvalue weighted by molar-refractivity contribution is 7.54. The first kappa shape index (κ1) is 28.3. The number of hydrogen-bond acceptors (Lipinski definition) is 7. The average Bonchev–Trinajstić information content (AvgIpc) is 2.64. The van der Waals surface area contributed by atoms with Gasteiger partial charge in [-0.2, -0.15) is 0 Å². The number of hydrogen-bond donors (Lipinski definition) is 5. The van der Waals surface area contributed by atoms with Gasteiger partial charge in [-0.05, 0) is 39.0 Å². The number of amides is 3. The molecule has 0 heterocycles. The molecule has 3 amide bonds. The summed E-state index contributed by atoms with van der Waals surface area (Å²) < 4.78 is 22.4. The first-order valence-electron chi connectivity index (χ1n) is 10.1. The zero-order valence-corrected chi connectivity index (χ0v) is 19.1. The van der Waals surface area contributed by atoms with E-state index in [-0.39, 0.29) is 44.9 Å². The summed E-state index contributed by atoms with van der Waals surface area (Å²) in [4.78, 5) is 35.3. The lowest BCUT2D eigenvalue weighted by Gasteiger charge is -2.24. The SMILES string of the molecule is CCOP(=O)(CC(=O)NCCCCC(NC(=O)O)C(=O)NC(CO)C(C)C)OCC. The molecule has 12 heteroatoms. The molecule has 0 aliphatic carbocycles. The van der Waals surface area contributed by atoms with Crippen LogP contribution < -0.4 is 16.0 Å². The number of carbonyl (C=O) groups is 3. The van der Waals surface area contributed by atoms with Crippen molar-refractivity contribution in [3.8, 4) is 0 Å². The second-order valence-electron chi connectivity index (χ2n) is 6.99. The minimum Gasteiger partial charge on any atom is -0.465 e. The summed E-state index contributed by atoms with van der Waals surface area (Å²) >= 11 is 0. The standard InChI is InChI=1S/C18H36N3O8P/c1-5-28-30(27,29-6-2)12-16(23)19-10-8-7-9-14(21-18(25)26)17(24)20-15(11-22)13(3)4/h13-15,21-22H,5-12H2,1-4H3,(H,19,23)(H,20,24)(H,25,26). The Bertz CT molecular complexity index is 578. The van der Waals surface area contributed by atoms with E-state index in [9.17, 15) is 24.1 Å². The predicted octanol–water partition coefficient (Wildman–Crippen LogP) is 1.31. The zero-order chi connectivity index (χ0) is 23.2. The first-order valence-corrected chi connectivity index (χ1v) is 11.9. The van der Waals surface area contributed by atoms with Gasteiger partial charge in [0.05, 0.1) is 25.9 Å². The molecule has 0 spiro atoms. The molecular formula is C18H36N3O8P. The quantitative estimate of drug-likeness (QED) is 0.172. The van der Waals surface area contributed by atoms with E-state index < -0.39 is 37.6 Å². The van der Waals surface area contributed by atoms with Crippen molar-refractivity contribution in [3.63, 3.8) is 0 Å². The van der Waals surface area contributed by atoms with Gasteiger partial charge in [-0.1, -0.05) is 13.8 Å². The van der Waals surface area contributed by atoms with Gasteiger partial charge in [0.2, 0.25) is 11.8 Å². The average molecular weight is 453 g/mol. The van der Waals surface area contributed by atoms with Crippen LogP contribution in [-0.4, -0.2) is 72.7 Å². The third-order valence-electron chi connectivity index (χ3n) is 4.17. The Morgan fingerprint density at radius 1 is 1.03 bits per heavy atom. The number of aliphatic hydroxyl groups is 1. The fraction of sp³-hybridized carbons (Fsp3) is 0.833. The second-order valence-corrected chi connectivity index (χ2v) is 9.05. The van der Waals surface area contributed by atoms with Crippen LogP contribution >= 0.6 is 7.60 Å². The van der Waals surface area contributed by atoms with Crippen LogP contribution in [-0.2, 0) is 23.2 Å². The van der Waals surface area contributed by atoms with Crippen molar-refractivity contribution >= 4 is 25.5 Å². The Balaban J connectivity index is 4.48. The lowest BCUT2D eigenvalue weighted by molar-refractivity contribution is -0.124. The van der Waals surface area contributed by atoms with Crippen LogP contribution in [0.5, 0.6) is 0 Å². The van der Waals surface area contributed by atoms with Crippen molar-refractivity contribution in [1.82, 2.24) is 16.0 Å². The number of nitrogens with one attached hydrogen (secondary N) is 3. The summed E-state index contributed by atoms with van der Waals surface area (Å²) in [5.74, 6) is -0.992. The fourth-order valence-electron chi connectivity index (χ4n) is 2.58. The van der Waals surface area contributed by atoms with Crippen LogP contribution in [0.25, 0.3) is 0 Å². The van der Waals surface area contributed by atoms with Crippen molar-refractivity contribution in [1.29, 1.82) is 0 Å². The van der Waals surface area contributed by atoms with Crippen LogP contribution in [0.15, 0.2) is 0 Å². The van der Waals surface area contributed by atoms with E-state index >= 15 is 0 Å². The van der Waals surface area contributed by atoms with E-state index in [1.807, 2.05) is 13.8 Å². The monoisotopic (exact) mass is 453 g/mol. The number of rotatable bonds is 16. The number of aliphatic hydroxyl groups excluding tert-OH is 1. The van der Waals surface area contributed by atoms with Gasteiger partial charge in [0.1, 0.15) is 12.2 Å². The third kappa shape index (κ3) is 12.1. The molecule has 0 fully saturated rings. The maximum absolute atomic E-state index is 12.3.